The number of fused-ring (bicyclic) bond motifs is 1. The molecule has 1 amide bonds. The summed E-state index contributed by atoms with van der Waals surface area (Å²) in [6.45, 7) is 2.97. The van der Waals surface area contributed by atoms with Gasteiger partial charge in [0.25, 0.3) is 11.6 Å². The third-order valence-corrected chi connectivity index (χ3v) is 3.95. The zero-order chi connectivity index (χ0) is 18.7. The highest BCUT2D eigenvalue weighted by atomic mass is 16.6. The molecule has 1 aliphatic heterocycles. The van der Waals surface area contributed by atoms with Crippen molar-refractivity contribution in [3.63, 3.8) is 0 Å². The molecule has 0 saturated carbocycles. The van der Waals surface area contributed by atoms with Gasteiger partial charge in [0.15, 0.2) is 5.82 Å². The van der Waals surface area contributed by atoms with Crippen LogP contribution in [0.3, 0.4) is 0 Å². The molecule has 0 aliphatic carbocycles. The number of hydrogen-bond acceptors (Lipinski definition) is 7. The molecule has 1 aliphatic rings. The van der Waals surface area contributed by atoms with Crippen LogP contribution in [0.5, 0.6) is 0 Å². The number of rotatable bonds is 4. The molecule has 0 radical (unpaired) electrons. The van der Waals surface area contributed by atoms with Crippen molar-refractivity contribution >= 4 is 23.5 Å². The van der Waals surface area contributed by atoms with Gasteiger partial charge in [0.1, 0.15) is 5.56 Å². The minimum Gasteiger partial charge on any atom is -0.448 e. The second-order valence-electron chi connectivity index (χ2n) is 5.54. The molecule has 0 unspecified atom stereocenters. The summed E-state index contributed by atoms with van der Waals surface area (Å²) in [6.07, 6.45) is -0.0838. The molecular weight excluding hydrogens is 342 g/mol. The normalized spacial score (nSPS) is 13.0. The summed E-state index contributed by atoms with van der Waals surface area (Å²) in [7, 11) is 0. The number of nitrogens with one attached hydrogen (secondary N) is 2. The van der Waals surface area contributed by atoms with E-state index >= 15 is 0 Å². The molecule has 2 N–H and O–H groups in total. The lowest BCUT2D eigenvalue weighted by atomic mass is 10.1. The first-order valence-corrected chi connectivity index (χ1v) is 8.06. The molecule has 0 bridgehead atoms. The van der Waals surface area contributed by atoms with Crippen LogP contribution in [0.4, 0.5) is 16.3 Å². The van der Waals surface area contributed by atoms with Gasteiger partial charge in [-0.25, -0.2) is 4.79 Å². The Balaban J connectivity index is 1.94. The molecule has 1 aromatic carbocycles. The standard InChI is InChI=1S/C16H17N5O5/c1-2-26-16(23)20-12-7-8-17-9-11(12)14(19-20)18-15(22)10-5-3-4-6-13(10)21(24)25/h3-6,17H,2,7-9H2,1H3,(H,18,19,22). The second kappa shape index (κ2) is 7.31. The van der Waals surface area contributed by atoms with Crippen LogP contribution in [0.15, 0.2) is 24.3 Å². The van der Waals surface area contributed by atoms with E-state index < -0.39 is 16.9 Å². The molecule has 26 heavy (non-hydrogen) atoms. The summed E-state index contributed by atoms with van der Waals surface area (Å²) in [6, 6.07) is 5.63. The molecule has 0 atom stereocenters. The first kappa shape index (κ1) is 17.5. The Bertz CT molecular complexity index is 876. The van der Waals surface area contributed by atoms with Crippen LogP contribution in [0.2, 0.25) is 0 Å². The fourth-order valence-electron chi connectivity index (χ4n) is 2.78. The van der Waals surface area contributed by atoms with Gasteiger partial charge in [-0.2, -0.15) is 4.68 Å². The molecule has 0 fully saturated rings. The Morgan fingerprint density at radius 2 is 2.19 bits per heavy atom. The molecule has 0 saturated heterocycles. The SMILES string of the molecule is CCOC(=O)n1nc(NC(=O)c2ccccc2[N+](=O)[O-])c2c1CCNC2. The summed E-state index contributed by atoms with van der Waals surface area (Å²) in [4.78, 5) is 35.1. The van der Waals surface area contributed by atoms with Crippen LogP contribution in [0, 0.1) is 10.1 Å². The van der Waals surface area contributed by atoms with E-state index in [4.69, 9.17) is 4.74 Å². The van der Waals surface area contributed by atoms with E-state index in [1.807, 2.05) is 0 Å². The molecule has 0 spiro atoms. The van der Waals surface area contributed by atoms with Crippen molar-refractivity contribution in [2.75, 3.05) is 18.5 Å². The van der Waals surface area contributed by atoms with E-state index in [1.54, 1.807) is 6.92 Å². The van der Waals surface area contributed by atoms with Crippen molar-refractivity contribution in [2.24, 2.45) is 0 Å². The monoisotopic (exact) mass is 359 g/mol. The Morgan fingerprint density at radius 1 is 1.42 bits per heavy atom. The van der Waals surface area contributed by atoms with E-state index in [1.165, 1.54) is 24.3 Å². The van der Waals surface area contributed by atoms with Crippen LogP contribution in [-0.4, -0.2) is 39.9 Å². The number of nitro groups is 1. The minimum absolute atomic E-state index is 0.0827. The topological polar surface area (TPSA) is 128 Å². The molecule has 2 heterocycles. The van der Waals surface area contributed by atoms with E-state index in [-0.39, 0.29) is 23.7 Å². The van der Waals surface area contributed by atoms with Crippen molar-refractivity contribution in [2.45, 2.75) is 19.9 Å². The van der Waals surface area contributed by atoms with Crippen LogP contribution < -0.4 is 10.6 Å². The van der Waals surface area contributed by atoms with E-state index in [0.717, 1.165) is 4.68 Å². The zero-order valence-corrected chi connectivity index (χ0v) is 14.0. The summed E-state index contributed by atoms with van der Waals surface area (Å²) in [5.74, 6) is -0.484. The van der Waals surface area contributed by atoms with Gasteiger partial charge in [0, 0.05) is 31.1 Å². The van der Waals surface area contributed by atoms with Crippen molar-refractivity contribution in [3.8, 4) is 0 Å². The van der Waals surface area contributed by atoms with Gasteiger partial charge in [0.05, 0.1) is 17.2 Å². The fraction of sp³-hybridized carbons (Fsp3) is 0.312. The van der Waals surface area contributed by atoms with Gasteiger partial charge < -0.3 is 15.4 Å². The number of nitrogens with zero attached hydrogens (tertiary/aromatic N) is 3. The lowest BCUT2D eigenvalue weighted by Gasteiger charge is -2.14. The third kappa shape index (κ3) is 3.26. The number of amides is 1. The smallest absolute Gasteiger partial charge is 0.434 e. The van der Waals surface area contributed by atoms with Gasteiger partial charge >= 0.3 is 6.09 Å². The van der Waals surface area contributed by atoms with Gasteiger partial charge in [-0.1, -0.05) is 12.1 Å². The van der Waals surface area contributed by atoms with E-state index in [2.05, 4.69) is 15.7 Å². The third-order valence-electron chi connectivity index (χ3n) is 3.95. The summed E-state index contributed by atoms with van der Waals surface area (Å²) >= 11 is 0. The number of carbonyl (C=O) groups is 2. The minimum atomic E-state index is -0.667. The number of ether oxygens (including phenoxy) is 1. The Kier molecular flexibility index (Phi) is 4.94. The first-order valence-electron chi connectivity index (χ1n) is 8.06. The second-order valence-corrected chi connectivity index (χ2v) is 5.54. The average molecular weight is 359 g/mol. The lowest BCUT2D eigenvalue weighted by molar-refractivity contribution is -0.385. The maximum atomic E-state index is 12.5. The van der Waals surface area contributed by atoms with Crippen LogP contribution >= 0.6 is 0 Å². The van der Waals surface area contributed by atoms with E-state index in [0.29, 0.717) is 30.8 Å². The largest absolute Gasteiger partial charge is 0.448 e. The predicted octanol–water partition coefficient (Wildman–Crippen LogP) is 1.69. The van der Waals surface area contributed by atoms with E-state index in [9.17, 15) is 19.7 Å². The number of benzene rings is 1. The van der Waals surface area contributed by atoms with Gasteiger partial charge in [-0.3, -0.25) is 14.9 Å². The Labute approximate surface area is 148 Å². The quantitative estimate of drug-likeness (QED) is 0.628. The van der Waals surface area contributed by atoms with Gasteiger partial charge in [-0.05, 0) is 13.0 Å². The van der Waals surface area contributed by atoms with Crippen LogP contribution in [-0.2, 0) is 17.7 Å². The highest BCUT2D eigenvalue weighted by Crippen LogP contribution is 2.25. The van der Waals surface area contributed by atoms with Crippen LogP contribution in [0.1, 0.15) is 28.5 Å². The molecule has 3 rings (SSSR count). The van der Waals surface area contributed by atoms with Crippen molar-refractivity contribution in [1.82, 2.24) is 15.1 Å². The number of nitro benzene ring substituents is 1. The lowest BCUT2D eigenvalue weighted by Crippen LogP contribution is -2.27. The van der Waals surface area contributed by atoms with Crippen molar-refractivity contribution in [3.05, 3.63) is 51.2 Å². The predicted molar refractivity (Wildman–Crippen MR) is 91.1 cm³/mol. The molecular formula is C16H17N5O5. The Hall–Kier alpha value is -3.27. The van der Waals surface area contributed by atoms with Crippen molar-refractivity contribution < 1.29 is 19.2 Å². The molecule has 1 aromatic heterocycles. The van der Waals surface area contributed by atoms with Gasteiger partial charge in [0.2, 0.25) is 0 Å². The summed E-state index contributed by atoms with van der Waals surface area (Å²) in [5, 5.41) is 21.0. The number of carbonyl (C=O) groups excluding carboxylic acids is 2. The average Bonchev–Trinajstić information content (AvgIpc) is 3.00. The fourth-order valence-corrected chi connectivity index (χ4v) is 2.78. The highest BCUT2D eigenvalue weighted by molar-refractivity contribution is 6.07. The maximum Gasteiger partial charge on any atom is 0.434 e. The number of anilines is 1. The number of para-hydroxylation sites is 1. The maximum absolute atomic E-state index is 12.5. The first-order chi connectivity index (χ1) is 12.5. The summed E-state index contributed by atoms with van der Waals surface area (Å²) in [5.41, 5.74) is 0.929. The zero-order valence-electron chi connectivity index (χ0n) is 14.0. The van der Waals surface area contributed by atoms with Gasteiger partial charge in [-0.15, -0.1) is 5.10 Å². The molecule has 10 heteroatoms. The number of hydrogen-bond donors (Lipinski definition) is 2. The molecule has 2 aromatic rings. The van der Waals surface area contributed by atoms with Crippen LogP contribution in [0.25, 0.3) is 0 Å². The molecule has 10 nitrogen and oxygen atoms in total. The van der Waals surface area contributed by atoms with Crippen molar-refractivity contribution in [1.29, 1.82) is 0 Å². The Morgan fingerprint density at radius 3 is 2.92 bits per heavy atom. The summed E-state index contributed by atoms with van der Waals surface area (Å²) < 4.78 is 6.12. The number of aromatic nitrogens is 2. The molecule has 136 valence electrons. The highest BCUT2D eigenvalue weighted by Gasteiger charge is 2.27.